The third-order valence-electron chi connectivity index (χ3n) is 4.66. The van der Waals surface area contributed by atoms with E-state index in [1.54, 1.807) is 25.1 Å². The second-order valence-electron chi connectivity index (χ2n) is 6.49. The zero-order chi connectivity index (χ0) is 21.3. The van der Waals surface area contributed by atoms with E-state index in [4.69, 9.17) is 16.3 Å². The van der Waals surface area contributed by atoms with Crippen LogP contribution in [0.2, 0.25) is 5.02 Å². The molecule has 0 aliphatic carbocycles. The Morgan fingerprint density at radius 1 is 1.10 bits per heavy atom. The fourth-order valence-corrected chi connectivity index (χ4v) is 3.27. The van der Waals surface area contributed by atoms with Crippen molar-refractivity contribution in [3.63, 3.8) is 0 Å². The van der Waals surface area contributed by atoms with Gasteiger partial charge in [-0.25, -0.2) is 4.79 Å². The molecule has 1 heterocycles. The number of aromatic carboxylic acids is 1. The van der Waals surface area contributed by atoms with Crippen molar-refractivity contribution < 1.29 is 24.2 Å². The van der Waals surface area contributed by atoms with Crippen LogP contribution in [-0.2, 0) is 14.3 Å². The van der Waals surface area contributed by atoms with Crippen molar-refractivity contribution in [2.24, 2.45) is 0 Å². The highest BCUT2D eigenvalue weighted by molar-refractivity contribution is 6.32. The summed E-state index contributed by atoms with van der Waals surface area (Å²) in [5.74, 6) is -2.35. The number of ether oxygens (including phenoxy) is 1. The summed E-state index contributed by atoms with van der Waals surface area (Å²) in [4.78, 5) is 37.9. The number of esters is 1. The molecule has 0 bridgehead atoms. The summed E-state index contributed by atoms with van der Waals surface area (Å²) >= 11 is 6.21. The number of benzene rings is 2. The third-order valence-corrected chi connectivity index (χ3v) is 5.07. The maximum absolute atomic E-state index is 13.2. The SMILES string of the molecule is COC(=O)C1=C(C)N(c2ccc(C)c(Cl)c2)C(=O)/C1=C\c1ccc(C(=O)[O-])cc1. The Bertz CT molecular complexity index is 1080. The van der Waals surface area contributed by atoms with E-state index in [0.717, 1.165) is 5.56 Å². The average Bonchev–Trinajstić information content (AvgIpc) is 2.94. The van der Waals surface area contributed by atoms with E-state index < -0.39 is 17.8 Å². The number of carboxylic acids is 1. The van der Waals surface area contributed by atoms with Crippen LogP contribution in [0.3, 0.4) is 0 Å². The number of halogens is 1. The summed E-state index contributed by atoms with van der Waals surface area (Å²) in [5.41, 5.74) is 2.66. The monoisotopic (exact) mass is 410 g/mol. The largest absolute Gasteiger partial charge is 0.545 e. The quantitative estimate of drug-likeness (QED) is 0.571. The van der Waals surface area contributed by atoms with Gasteiger partial charge in [-0.3, -0.25) is 9.69 Å². The number of amides is 1. The van der Waals surface area contributed by atoms with Gasteiger partial charge in [-0.1, -0.05) is 41.9 Å². The first-order chi connectivity index (χ1) is 13.7. The van der Waals surface area contributed by atoms with Crippen LogP contribution < -0.4 is 10.0 Å². The molecule has 0 spiro atoms. The van der Waals surface area contributed by atoms with E-state index in [0.29, 0.717) is 22.0 Å². The van der Waals surface area contributed by atoms with Crippen LogP contribution >= 0.6 is 11.6 Å². The molecule has 0 saturated carbocycles. The maximum Gasteiger partial charge on any atom is 0.340 e. The number of carboxylic acid groups (broad SMARTS) is 1. The van der Waals surface area contributed by atoms with Crippen molar-refractivity contribution in [1.82, 2.24) is 0 Å². The topological polar surface area (TPSA) is 86.7 Å². The molecule has 1 aliphatic rings. The minimum Gasteiger partial charge on any atom is -0.545 e. The highest BCUT2D eigenvalue weighted by Crippen LogP contribution is 2.36. The summed E-state index contributed by atoms with van der Waals surface area (Å²) < 4.78 is 4.87. The minimum atomic E-state index is -1.30. The lowest BCUT2D eigenvalue weighted by atomic mass is 10.0. The van der Waals surface area contributed by atoms with E-state index in [-0.39, 0.29) is 16.7 Å². The van der Waals surface area contributed by atoms with Gasteiger partial charge in [-0.05, 0) is 48.7 Å². The van der Waals surface area contributed by atoms with Crippen LogP contribution in [0.25, 0.3) is 6.08 Å². The van der Waals surface area contributed by atoms with Gasteiger partial charge in [-0.15, -0.1) is 0 Å². The summed E-state index contributed by atoms with van der Waals surface area (Å²) in [6.07, 6.45) is 1.52. The van der Waals surface area contributed by atoms with Crippen molar-refractivity contribution in [2.45, 2.75) is 13.8 Å². The fourth-order valence-electron chi connectivity index (χ4n) is 3.09. The van der Waals surface area contributed by atoms with Crippen molar-refractivity contribution in [3.05, 3.63) is 81.0 Å². The van der Waals surface area contributed by atoms with Crippen molar-refractivity contribution in [3.8, 4) is 0 Å². The van der Waals surface area contributed by atoms with E-state index in [1.165, 1.54) is 42.4 Å². The maximum atomic E-state index is 13.2. The highest BCUT2D eigenvalue weighted by atomic mass is 35.5. The molecule has 0 fully saturated rings. The van der Waals surface area contributed by atoms with E-state index in [9.17, 15) is 19.5 Å². The van der Waals surface area contributed by atoms with E-state index in [2.05, 4.69) is 0 Å². The number of aryl methyl sites for hydroxylation is 1. The zero-order valence-electron chi connectivity index (χ0n) is 16.0. The van der Waals surface area contributed by atoms with Gasteiger partial charge >= 0.3 is 5.97 Å². The molecule has 0 saturated heterocycles. The molecule has 0 radical (unpaired) electrons. The summed E-state index contributed by atoms with van der Waals surface area (Å²) in [6, 6.07) is 11.0. The predicted octanol–water partition coefficient (Wildman–Crippen LogP) is 2.89. The van der Waals surface area contributed by atoms with Crippen LogP contribution in [0.1, 0.15) is 28.4 Å². The molecule has 0 atom stereocenters. The van der Waals surface area contributed by atoms with E-state index in [1.807, 2.05) is 6.92 Å². The van der Waals surface area contributed by atoms with Gasteiger partial charge in [0.05, 0.1) is 29.9 Å². The molecule has 2 aromatic rings. The lowest BCUT2D eigenvalue weighted by molar-refractivity contribution is -0.255. The van der Waals surface area contributed by atoms with Crippen molar-refractivity contribution in [1.29, 1.82) is 0 Å². The van der Waals surface area contributed by atoms with Crippen molar-refractivity contribution in [2.75, 3.05) is 12.0 Å². The molecule has 2 aromatic carbocycles. The molecule has 3 rings (SSSR count). The molecule has 1 aliphatic heterocycles. The zero-order valence-corrected chi connectivity index (χ0v) is 16.7. The molecular weight excluding hydrogens is 394 g/mol. The molecule has 6 nitrogen and oxygen atoms in total. The van der Waals surface area contributed by atoms with Gasteiger partial charge in [0.25, 0.3) is 5.91 Å². The van der Waals surface area contributed by atoms with Gasteiger partial charge in [0.15, 0.2) is 0 Å². The lowest BCUT2D eigenvalue weighted by Gasteiger charge is -2.18. The Morgan fingerprint density at radius 2 is 1.76 bits per heavy atom. The molecular formula is C22H17ClNO5-. The smallest absolute Gasteiger partial charge is 0.340 e. The Labute approximate surface area is 172 Å². The third kappa shape index (κ3) is 3.79. The van der Waals surface area contributed by atoms with Crippen LogP contribution in [0.4, 0.5) is 5.69 Å². The minimum absolute atomic E-state index is 0.0146. The Kier molecular flexibility index (Phi) is 5.57. The molecule has 29 heavy (non-hydrogen) atoms. The predicted molar refractivity (Wildman–Crippen MR) is 107 cm³/mol. The molecule has 0 aromatic heterocycles. The van der Waals surface area contributed by atoms with Crippen LogP contribution in [0, 0.1) is 6.92 Å². The first kappa shape index (κ1) is 20.4. The number of hydrogen-bond donors (Lipinski definition) is 0. The van der Waals surface area contributed by atoms with Gasteiger partial charge in [0, 0.05) is 10.7 Å². The number of anilines is 1. The average molecular weight is 411 g/mol. The number of rotatable bonds is 4. The highest BCUT2D eigenvalue weighted by Gasteiger charge is 2.38. The van der Waals surface area contributed by atoms with Crippen LogP contribution in [0.15, 0.2) is 59.3 Å². The first-order valence-corrected chi connectivity index (χ1v) is 9.05. The number of hydrogen-bond acceptors (Lipinski definition) is 5. The number of carbonyl (C=O) groups is 3. The Hall–Kier alpha value is -3.38. The standard InChI is InChI=1S/C22H18ClNO5/c1-12-4-9-16(11-18(12)23)24-13(2)19(22(28)29-3)17(20(24)25)10-14-5-7-15(8-6-14)21(26)27/h4-11H,1-3H3,(H,26,27)/p-1/b17-10-. The Morgan fingerprint density at radius 3 is 2.31 bits per heavy atom. The van der Waals surface area contributed by atoms with Crippen LogP contribution in [0.5, 0.6) is 0 Å². The molecule has 7 heteroatoms. The van der Waals surface area contributed by atoms with Gasteiger partial charge in [-0.2, -0.15) is 0 Å². The Balaban J connectivity index is 2.11. The lowest BCUT2D eigenvalue weighted by Crippen LogP contribution is -2.24. The second kappa shape index (κ2) is 7.93. The van der Waals surface area contributed by atoms with Gasteiger partial charge < -0.3 is 14.6 Å². The summed E-state index contributed by atoms with van der Waals surface area (Å²) in [5, 5.41) is 11.4. The molecule has 148 valence electrons. The molecule has 1 amide bonds. The normalized spacial score (nSPS) is 15.2. The van der Waals surface area contributed by atoms with Crippen LogP contribution in [-0.4, -0.2) is 25.0 Å². The summed E-state index contributed by atoms with van der Waals surface area (Å²) in [7, 11) is 1.24. The number of methoxy groups -OCH3 is 1. The fraction of sp³-hybridized carbons (Fsp3) is 0.136. The second-order valence-corrected chi connectivity index (χ2v) is 6.90. The number of allylic oxidation sites excluding steroid dienone is 1. The van der Waals surface area contributed by atoms with E-state index >= 15 is 0 Å². The van der Waals surface area contributed by atoms with Gasteiger partial charge in [0.1, 0.15) is 0 Å². The summed E-state index contributed by atoms with van der Waals surface area (Å²) in [6.45, 7) is 3.50. The first-order valence-electron chi connectivity index (χ1n) is 8.68. The molecule has 0 unspecified atom stereocenters. The number of nitrogens with zero attached hydrogens (tertiary/aromatic N) is 1. The number of carbonyl (C=O) groups excluding carboxylic acids is 3. The van der Waals surface area contributed by atoms with Crippen molar-refractivity contribution >= 4 is 41.2 Å². The molecule has 0 N–H and O–H groups in total. The van der Waals surface area contributed by atoms with Gasteiger partial charge in [0.2, 0.25) is 0 Å².